The number of pyridine rings is 1. The third-order valence-corrected chi connectivity index (χ3v) is 5.06. The molecule has 0 saturated heterocycles. The molecule has 0 aromatic carbocycles. The number of thiophene rings is 1. The normalized spacial score (nSPS) is 15.1. The van der Waals surface area contributed by atoms with Crippen molar-refractivity contribution >= 4 is 52.2 Å². The molecule has 0 aliphatic carbocycles. The maximum atomic E-state index is 12.0. The van der Waals surface area contributed by atoms with Crippen LogP contribution in [0.1, 0.15) is 10.4 Å². The number of nitrogens with zero attached hydrogens (tertiary/aromatic N) is 2. The molecule has 0 atom stereocenters. The van der Waals surface area contributed by atoms with E-state index in [1.165, 1.54) is 6.07 Å². The first kappa shape index (κ1) is 13.8. The van der Waals surface area contributed by atoms with Crippen LogP contribution >= 0.6 is 23.1 Å². The summed E-state index contributed by atoms with van der Waals surface area (Å²) >= 11 is 3.19. The Balaban J connectivity index is 2.06. The Morgan fingerprint density at radius 2 is 2.29 bits per heavy atom. The number of hydrogen-bond acceptors (Lipinski definition) is 6. The highest BCUT2D eigenvalue weighted by Gasteiger charge is 2.27. The van der Waals surface area contributed by atoms with Gasteiger partial charge in [-0.25, -0.2) is 4.98 Å². The number of carbonyl (C=O) groups excluding carboxylic acids is 1. The Morgan fingerprint density at radius 3 is 2.95 bits per heavy atom. The van der Waals surface area contributed by atoms with Crippen LogP contribution in [0.15, 0.2) is 28.6 Å². The average molecular weight is 319 g/mol. The van der Waals surface area contributed by atoms with Crippen LogP contribution in [0.4, 0.5) is 11.5 Å². The third-order valence-electron chi connectivity index (χ3n) is 2.94. The van der Waals surface area contributed by atoms with E-state index in [9.17, 15) is 14.9 Å². The topological polar surface area (TPSA) is 85.1 Å². The molecule has 2 aromatic heterocycles. The number of fused-ring (bicyclic) bond motifs is 1. The molecule has 1 N–H and O–H groups in total. The van der Waals surface area contributed by atoms with Gasteiger partial charge in [0.05, 0.1) is 14.7 Å². The molecule has 1 aliphatic rings. The molecule has 0 spiro atoms. The standard InChI is InChI=1S/C13H9N3O3S2/c1-20-11-3-2-8(21-11)5-10-9-4-7(16(18)19)6-14-12(9)15-13(10)17/h2-6H,1H3,(H,14,15,17). The summed E-state index contributed by atoms with van der Waals surface area (Å²) in [6, 6.07) is 5.26. The monoisotopic (exact) mass is 319 g/mol. The fourth-order valence-corrected chi connectivity index (χ4v) is 3.47. The number of carbonyl (C=O) groups is 1. The van der Waals surface area contributed by atoms with Crippen LogP contribution in [0.3, 0.4) is 0 Å². The van der Waals surface area contributed by atoms with Crippen molar-refractivity contribution in [1.82, 2.24) is 4.98 Å². The predicted molar refractivity (Wildman–Crippen MR) is 83.5 cm³/mol. The van der Waals surface area contributed by atoms with Gasteiger partial charge in [-0.15, -0.1) is 23.1 Å². The minimum Gasteiger partial charge on any atom is -0.306 e. The molecule has 0 bridgehead atoms. The lowest BCUT2D eigenvalue weighted by atomic mass is 10.1. The molecule has 2 aromatic rings. The van der Waals surface area contributed by atoms with Crippen LogP contribution in [-0.2, 0) is 4.79 Å². The van der Waals surface area contributed by atoms with Gasteiger partial charge in [0.25, 0.3) is 11.6 Å². The van der Waals surface area contributed by atoms with Crippen LogP contribution in [-0.4, -0.2) is 22.1 Å². The van der Waals surface area contributed by atoms with Gasteiger partial charge in [-0.3, -0.25) is 14.9 Å². The fourth-order valence-electron chi connectivity index (χ4n) is 1.96. The zero-order chi connectivity index (χ0) is 15.0. The summed E-state index contributed by atoms with van der Waals surface area (Å²) in [7, 11) is 0. The Bertz CT molecular complexity index is 783. The van der Waals surface area contributed by atoms with Crippen molar-refractivity contribution in [2.45, 2.75) is 4.21 Å². The maximum Gasteiger partial charge on any atom is 0.288 e. The van der Waals surface area contributed by atoms with Gasteiger partial charge in [-0.2, -0.15) is 0 Å². The van der Waals surface area contributed by atoms with Crippen LogP contribution < -0.4 is 5.32 Å². The number of hydrogen-bond donors (Lipinski definition) is 1. The first-order valence-electron chi connectivity index (χ1n) is 5.90. The second kappa shape index (κ2) is 5.30. The summed E-state index contributed by atoms with van der Waals surface area (Å²) in [5.41, 5.74) is 0.733. The highest BCUT2D eigenvalue weighted by Crippen LogP contribution is 2.35. The van der Waals surface area contributed by atoms with Crippen LogP contribution in [0.5, 0.6) is 0 Å². The molecule has 3 rings (SSSR count). The minimum absolute atomic E-state index is 0.132. The molecule has 1 aliphatic heterocycles. The SMILES string of the molecule is CSc1ccc(C=C2C(=O)Nc3ncc([N+](=O)[O-])cc32)s1. The average Bonchev–Trinajstić information content (AvgIpc) is 3.04. The zero-order valence-corrected chi connectivity index (χ0v) is 12.5. The van der Waals surface area contributed by atoms with E-state index in [4.69, 9.17) is 0 Å². The second-order valence-corrected chi connectivity index (χ2v) is 6.44. The summed E-state index contributed by atoms with van der Waals surface area (Å²) < 4.78 is 1.14. The minimum atomic E-state index is -0.523. The predicted octanol–water partition coefficient (Wildman–Crippen LogP) is 3.27. The van der Waals surface area contributed by atoms with Crippen LogP contribution in [0.2, 0.25) is 0 Å². The van der Waals surface area contributed by atoms with Crippen LogP contribution in [0, 0.1) is 10.1 Å². The summed E-state index contributed by atoms with van der Waals surface area (Å²) in [5.74, 6) is 0.0654. The maximum absolute atomic E-state index is 12.0. The van der Waals surface area contributed by atoms with Crippen molar-refractivity contribution in [3.63, 3.8) is 0 Å². The fraction of sp³-hybridized carbons (Fsp3) is 0.0769. The molecule has 0 radical (unpaired) electrons. The Morgan fingerprint density at radius 1 is 1.48 bits per heavy atom. The molecular formula is C13H9N3O3S2. The molecule has 106 valence electrons. The van der Waals surface area contributed by atoms with Gasteiger partial charge >= 0.3 is 0 Å². The Labute approximate surface area is 128 Å². The lowest BCUT2D eigenvalue weighted by molar-refractivity contribution is -0.385. The van der Waals surface area contributed by atoms with E-state index in [1.807, 2.05) is 18.4 Å². The van der Waals surface area contributed by atoms with E-state index in [1.54, 1.807) is 29.2 Å². The number of anilines is 1. The van der Waals surface area contributed by atoms with Gasteiger partial charge in [-0.05, 0) is 24.5 Å². The molecule has 0 fully saturated rings. The van der Waals surface area contributed by atoms with Crippen molar-refractivity contribution in [2.24, 2.45) is 0 Å². The summed E-state index contributed by atoms with van der Waals surface area (Å²) in [6.45, 7) is 0. The largest absolute Gasteiger partial charge is 0.306 e. The first-order chi connectivity index (χ1) is 10.1. The second-order valence-electron chi connectivity index (χ2n) is 4.22. The molecule has 0 unspecified atom stereocenters. The van der Waals surface area contributed by atoms with E-state index in [0.29, 0.717) is 17.0 Å². The summed E-state index contributed by atoms with van der Waals surface area (Å²) in [5, 5.41) is 13.4. The van der Waals surface area contributed by atoms with Gasteiger partial charge in [0, 0.05) is 16.5 Å². The van der Waals surface area contributed by atoms with E-state index in [2.05, 4.69) is 10.3 Å². The van der Waals surface area contributed by atoms with E-state index in [0.717, 1.165) is 15.3 Å². The highest BCUT2D eigenvalue weighted by atomic mass is 32.2. The quantitative estimate of drug-likeness (QED) is 0.406. The lowest BCUT2D eigenvalue weighted by Crippen LogP contribution is -2.04. The van der Waals surface area contributed by atoms with Gasteiger partial charge < -0.3 is 5.32 Å². The number of thioether (sulfide) groups is 1. The number of aromatic nitrogens is 1. The van der Waals surface area contributed by atoms with Crippen LogP contribution in [0.25, 0.3) is 11.6 Å². The first-order valence-corrected chi connectivity index (χ1v) is 7.94. The van der Waals surface area contributed by atoms with Gasteiger partial charge in [0.15, 0.2) is 0 Å². The van der Waals surface area contributed by atoms with Crippen molar-refractivity contribution in [3.8, 4) is 0 Å². The molecule has 8 heteroatoms. The molecular weight excluding hydrogens is 310 g/mol. The lowest BCUT2D eigenvalue weighted by Gasteiger charge is -1.97. The van der Waals surface area contributed by atoms with Gasteiger partial charge in [0.2, 0.25) is 0 Å². The summed E-state index contributed by atoms with van der Waals surface area (Å²) in [6.07, 6.45) is 4.85. The number of nitro groups is 1. The molecule has 1 amide bonds. The molecule has 3 heterocycles. The number of amides is 1. The Kier molecular flexibility index (Phi) is 3.48. The number of nitrogens with one attached hydrogen (secondary N) is 1. The van der Waals surface area contributed by atoms with E-state index < -0.39 is 4.92 Å². The van der Waals surface area contributed by atoms with Crippen molar-refractivity contribution < 1.29 is 9.72 Å². The van der Waals surface area contributed by atoms with Crippen molar-refractivity contribution in [3.05, 3.63) is 45.0 Å². The molecule has 0 saturated carbocycles. The van der Waals surface area contributed by atoms with E-state index in [-0.39, 0.29) is 11.6 Å². The van der Waals surface area contributed by atoms with Gasteiger partial charge in [-0.1, -0.05) is 0 Å². The third kappa shape index (κ3) is 2.55. The zero-order valence-electron chi connectivity index (χ0n) is 10.8. The Hall–Kier alpha value is -2.19. The molecule has 6 nitrogen and oxygen atoms in total. The summed E-state index contributed by atoms with van der Waals surface area (Å²) in [4.78, 5) is 27.2. The smallest absolute Gasteiger partial charge is 0.288 e. The van der Waals surface area contributed by atoms with Gasteiger partial charge in [0.1, 0.15) is 12.0 Å². The van der Waals surface area contributed by atoms with E-state index >= 15 is 0 Å². The highest BCUT2D eigenvalue weighted by molar-refractivity contribution is 8.00. The number of rotatable bonds is 3. The molecule has 21 heavy (non-hydrogen) atoms. The van der Waals surface area contributed by atoms with Crippen molar-refractivity contribution in [2.75, 3.05) is 11.6 Å². The van der Waals surface area contributed by atoms with Crippen molar-refractivity contribution in [1.29, 1.82) is 0 Å².